The molecule has 0 aromatic heterocycles. The molecule has 180 valence electrons. The summed E-state index contributed by atoms with van der Waals surface area (Å²) in [7, 11) is 0. The van der Waals surface area contributed by atoms with Crippen LogP contribution in [0.2, 0.25) is 0 Å². The molecule has 0 saturated carbocycles. The molecule has 0 aliphatic carbocycles. The molecule has 0 unspecified atom stereocenters. The average molecular weight is 469 g/mol. The number of carbonyl (C=O) groups excluding carboxylic acids is 2. The molecule has 3 heterocycles. The highest BCUT2D eigenvalue weighted by Crippen LogP contribution is 2.52. The minimum atomic E-state index is -0.977. The Labute approximate surface area is 197 Å². The number of rotatable bonds is 5. The van der Waals surface area contributed by atoms with E-state index in [0.717, 1.165) is 16.8 Å². The van der Waals surface area contributed by atoms with E-state index in [1.165, 1.54) is 0 Å². The summed E-state index contributed by atoms with van der Waals surface area (Å²) >= 11 is 0. The molecule has 1 fully saturated rings. The molecule has 3 aliphatic rings. The van der Waals surface area contributed by atoms with Crippen LogP contribution in [0, 0.1) is 0 Å². The third-order valence-electron chi connectivity index (χ3n) is 6.29. The number of benzene rings is 2. The second-order valence-corrected chi connectivity index (χ2v) is 8.94. The van der Waals surface area contributed by atoms with E-state index < -0.39 is 30.0 Å². The molecule has 5 rings (SSSR count). The van der Waals surface area contributed by atoms with Crippen molar-refractivity contribution < 1.29 is 33.3 Å². The fraction of sp³-hybridized carbons (Fsp3) is 0.440. The zero-order chi connectivity index (χ0) is 23.9. The molecule has 9 nitrogen and oxygen atoms in total. The summed E-state index contributed by atoms with van der Waals surface area (Å²) in [5.74, 6) is 0.871. The van der Waals surface area contributed by atoms with Gasteiger partial charge in [-0.25, -0.2) is 4.79 Å². The Morgan fingerprint density at radius 3 is 2.59 bits per heavy atom. The number of nitrogens with zero attached hydrogens (tertiary/aromatic N) is 1. The van der Waals surface area contributed by atoms with Gasteiger partial charge < -0.3 is 29.0 Å². The van der Waals surface area contributed by atoms with Crippen LogP contribution in [-0.4, -0.2) is 48.2 Å². The quantitative estimate of drug-likeness (QED) is 0.659. The van der Waals surface area contributed by atoms with Crippen molar-refractivity contribution in [1.82, 2.24) is 4.90 Å². The highest BCUT2D eigenvalue weighted by molar-refractivity contribution is 5.75. The number of hydrogen-bond donors (Lipinski definition) is 1. The summed E-state index contributed by atoms with van der Waals surface area (Å²) in [6.45, 7) is 5.97. The van der Waals surface area contributed by atoms with E-state index in [2.05, 4.69) is 5.32 Å². The number of anilines is 1. The zero-order valence-corrected chi connectivity index (χ0v) is 19.4. The number of carbonyl (C=O) groups is 2. The Hall–Kier alpha value is -3.46. The largest absolute Gasteiger partial charge is 0.466 e. The maximum atomic E-state index is 13.4. The molecule has 2 aromatic carbocycles. The van der Waals surface area contributed by atoms with Gasteiger partial charge >= 0.3 is 12.1 Å². The van der Waals surface area contributed by atoms with Crippen molar-refractivity contribution in [2.24, 2.45) is 0 Å². The first-order valence-electron chi connectivity index (χ1n) is 11.4. The molecule has 3 aliphatic heterocycles. The Morgan fingerprint density at radius 2 is 1.85 bits per heavy atom. The summed E-state index contributed by atoms with van der Waals surface area (Å²) in [6, 6.07) is 12.3. The van der Waals surface area contributed by atoms with Gasteiger partial charge in [-0.05, 0) is 32.4 Å². The van der Waals surface area contributed by atoms with Crippen molar-refractivity contribution in [2.45, 2.75) is 57.7 Å². The van der Waals surface area contributed by atoms with Crippen LogP contribution in [-0.2, 0) is 25.6 Å². The first-order valence-corrected chi connectivity index (χ1v) is 11.4. The van der Waals surface area contributed by atoms with Crippen molar-refractivity contribution in [2.75, 3.05) is 18.7 Å². The fourth-order valence-corrected chi connectivity index (χ4v) is 4.85. The van der Waals surface area contributed by atoms with Crippen LogP contribution in [0.5, 0.6) is 11.5 Å². The van der Waals surface area contributed by atoms with E-state index in [-0.39, 0.29) is 25.8 Å². The van der Waals surface area contributed by atoms with Crippen LogP contribution in [0.3, 0.4) is 0 Å². The lowest BCUT2D eigenvalue weighted by Gasteiger charge is -2.38. The van der Waals surface area contributed by atoms with Crippen LogP contribution < -0.4 is 14.8 Å². The van der Waals surface area contributed by atoms with Gasteiger partial charge in [0.2, 0.25) is 6.79 Å². The molecule has 9 heteroatoms. The smallest absolute Gasteiger partial charge is 0.412 e. The summed E-state index contributed by atoms with van der Waals surface area (Å²) in [6.07, 6.45) is -0.912. The molecule has 34 heavy (non-hydrogen) atoms. The van der Waals surface area contributed by atoms with Gasteiger partial charge in [0, 0.05) is 17.3 Å². The molecule has 1 N–H and O–H groups in total. The average Bonchev–Trinajstić information content (AvgIpc) is 3.38. The van der Waals surface area contributed by atoms with E-state index in [1.807, 2.05) is 56.3 Å². The van der Waals surface area contributed by atoms with E-state index >= 15 is 0 Å². The number of nitrogens with one attached hydrogen (secondary N) is 1. The normalized spacial score (nSPS) is 23.5. The Kier molecular flexibility index (Phi) is 5.73. The minimum absolute atomic E-state index is 0.0892. The molecule has 0 spiro atoms. The van der Waals surface area contributed by atoms with Crippen molar-refractivity contribution in [1.29, 1.82) is 0 Å². The number of hydrogen-bond acceptors (Lipinski definition) is 8. The van der Waals surface area contributed by atoms with Gasteiger partial charge in [-0.3, -0.25) is 9.69 Å². The van der Waals surface area contributed by atoms with Gasteiger partial charge in [0.15, 0.2) is 11.5 Å². The van der Waals surface area contributed by atoms with Crippen LogP contribution in [0.1, 0.15) is 44.4 Å². The van der Waals surface area contributed by atoms with Gasteiger partial charge in [-0.1, -0.05) is 30.3 Å². The Bertz CT molecular complexity index is 1090. The molecule has 2 aromatic rings. The molecule has 3 atom stereocenters. The van der Waals surface area contributed by atoms with Crippen LogP contribution in [0.15, 0.2) is 42.5 Å². The fourth-order valence-electron chi connectivity index (χ4n) is 4.85. The van der Waals surface area contributed by atoms with Crippen molar-refractivity contribution >= 4 is 17.7 Å². The third-order valence-corrected chi connectivity index (χ3v) is 6.29. The second-order valence-electron chi connectivity index (χ2n) is 8.94. The van der Waals surface area contributed by atoms with Gasteiger partial charge in [0.05, 0.1) is 25.1 Å². The molecule has 1 saturated heterocycles. The SMILES string of the molecule is CCOC(=O)C[C@@H]1Nc2cc3c(cc2[C@H]2[C@H]1OC(C)(C)N2C(=O)OCc1ccccc1)OCO3. The van der Waals surface area contributed by atoms with Crippen molar-refractivity contribution in [3.8, 4) is 11.5 Å². The van der Waals surface area contributed by atoms with Gasteiger partial charge in [-0.2, -0.15) is 0 Å². The van der Waals surface area contributed by atoms with E-state index in [1.54, 1.807) is 11.8 Å². The van der Waals surface area contributed by atoms with E-state index in [4.69, 9.17) is 23.7 Å². The van der Waals surface area contributed by atoms with E-state index in [0.29, 0.717) is 18.1 Å². The minimum Gasteiger partial charge on any atom is -0.466 e. The number of amides is 1. The molecule has 1 amide bonds. The topological polar surface area (TPSA) is 95.6 Å². The lowest BCUT2D eigenvalue weighted by atomic mass is 9.88. The Morgan fingerprint density at radius 1 is 1.12 bits per heavy atom. The van der Waals surface area contributed by atoms with Gasteiger partial charge in [0.1, 0.15) is 18.4 Å². The van der Waals surface area contributed by atoms with Crippen molar-refractivity contribution in [3.05, 3.63) is 53.6 Å². The summed E-state index contributed by atoms with van der Waals surface area (Å²) in [5, 5.41) is 3.40. The Balaban J connectivity index is 1.49. The lowest BCUT2D eigenvalue weighted by molar-refractivity contribution is -0.144. The monoisotopic (exact) mass is 468 g/mol. The molecular weight excluding hydrogens is 440 g/mol. The van der Waals surface area contributed by atoms with Crippen LogP contribution in [0.4, 0.5) is 10.5 Å². The summed E-state index contributed by atoms with van der Waals surface area (Å²) < 4.78 is 28.4. The van der Waals surface area contributed by atoms with Crippen LogP contribution in [0.25, 0.3) is 0 Å². The maximum absolute atomic E-state index is 13.4. The third kappa shape index (κ3) is 4.00. The van der Waals surface area contributed by atoms with E-state index in [9.17, 15) is 9.59 Å². The lowest BCUT2D eigenvalue weighted by Crippen LogP contribution is -2.47. The van der Waals surface area contributed by atoms with Gasteiger partial charge in [-0.15, -0.1) is 0 Å². The first-order chi connectivity index (χ1) is 16.4. The second kappa shape index (κ2) is 8.72. The summed E-state index contributed by atoms with van der Waals surface area (Å²) in [4.78, 5) is 27.4. The summed E-state index contributed by atoms with van der Waals surface area (Å²) in [5.41, 5.74) is 1.48. The highest BCUT2D eigenvalue weighted by atomic mass is 16.7. The number of fused-ring (bicyclic) bond motifs is 4. The van der Waals surface area contributed by atoms with Crippen LogP contribution >= 0.6 is 0 Å². The number of esters is 1. The maximum Gasteiger partial charge on any atom is 0.412 e. The zero-order valence-electron chi connectivity index (χ0n) is 19.4. The first kappa shape index (κ1) is 22.3. The van der Waals surface area contributed by atoms with Gasteiger partial charge in [0.25, 0.3) is 0 Å². The molecule has 0 radical (unpaired) electrons. The molecular formula is C25H28N2O7. The van der Waals surface area contributed by atoms with Crippen molar-refractivity contribution in [3.63, 3.8) is 0 Å². The molecule has 0 bridgehead atoms. The number of ether oxygens (including phenoxy) is 5. The predicted octanol–water partition coefficient (Wildman–Crippen LogP) is 3.98. The standard InChI is InChI=1S/C25H28N2O7/c1-4-30-21(28)12-18-23-22(16-10-19-20(33-14-32-19)11-17(16)26-18)27(25(2,3)34-23)24(29)31-13-15-8-6-5-7-9-15/h5-11,18,22-23,26H,4,12-14H2,1-3H3/t18-,22-,23-/m0/s1. The predicted molar refractivity (Wildman–Crippen MR) is 121 cm³/mol. The highest BCUT2D eigenvalue weighted by Gasteiger charge is 2.56.